The Labute approximate surface area is 111 Å². The van der Waals surface area contributed by atoms with Crippen molar-refractivity contribution in [1.82, 2.24) is 9.88 Å². The number of aromatic nitrogens is 1. The molecule has 0 aromatic carbocycles. The molecule has 6 heteroatoms. The van der Waals surface area contributed by atoms with Gasteiger partial charge in [0.05, 0.1) is 24.7 Å². The molecule has 1 atom stereocenters. The largest absolute Gasteiger partial charge is 0.481 e. The quantitative estimate of drug-likeness (QED) is 0.832. The van der Waals surface area contributed by atoms with E-state index in [-0.39, 0.29) is 24.8 Å². The van der Waals surface area contributed by atoms with Crippen molar-refractivity contribution in [2.75, 3.05) is 12.3 Å². The number of likely N-dealkylation sites (tertiary alicyclic amines) is 1. The molecule has 0 spiro atoms. The number of nitrogens with two attached hydrogens (primary N) is 1. The topological polar surface area (TPSA) is 96.5 Å². The Kier molecular flexibility index (Phi) is 3.99. The van der Waals surface area contributed by atoms with Gasteiger partial charge in [0.2, 0.25) is 5.91 Å². The Morgan fingerprint density at radius 1 is 1.47 bits per heavy atom. The number of anilines is 1. The molecule has 6 nitrogen and oxygen atoms in total. The minimum absolute atomic E-state index is 0.0148. The summed E-state index contributed by atoms with van der Waals surface area (Å²) in [6, 6.07) is 3.24. The van der Waals surface area contributed by atoms with E-state index in [0.29, 0.717) is 17.9 Å². The molecule has 2 heterocycles. The summed E-state index contributed by atoms with van der Waals surface area (Å²) < 4.78 is 0. The van der Waals surface area contributed by atoms with Crippen LogP contribution in [0.4, 0.5) is 5.69 Å². The van der Waals surface area contributed by atoms with Crippen LogP contribution in [0.15, 0.2) is 18.3 Å². The summed E-state index contributed by atoms with van der Waals surface area (Å²) >= 11 is 0. The SMILES string of the molecule is Nc1ccc(CC(=O)N2CCCC2CC(=O)O)nc1. The molecule has 0 saturated carbocycles. The molecule has 2 rings (SSSR count). The maximum atomic E-state index is 12.2. The van der Waals surface area contributed by atoms with Crippen LogP contribution in [0, 0.1) is 0 Å². The fourth-order valence-electron chi connectivity index (χ4n) is 2.37. The van der Waals surface area contributed by atoms with Crippen LogP contribution in [-0.2, 0) is 16.0 Å². The molecule has 0 radical (unpaired) electrons. The normalized spacial score (nSPS) is 18.5. The molecule has 1 unspecified atom stereocenters. The first-order valence-electron chi connectivity index (χ1n) is 6.28. The van der Waals surface area contributed by atoms with Crippen LogP contribution < -0.4 is 5.73 Å². The standard InChI is InChI=1S/C13H17N3O3/c14-9-3-4-10(15-8-9)6-12(17)16-5-1-2-11(16)7-13(18)19/h3-4,8,11H,1-2,5-7,14H2,(H,18,19). The lowest BCUT2D eigenvalue weighted by Crippen LogP contribution is -2.37. The molecule has 1 fully saturated rings. The molecule has 1 saturated heterocycles. The number of carbonyl (C=O) groups excluding carboxylic acids is 1. The minimum atomic E-state index is -0.865. The Morgan fingerprint density at radius 3 is 2.89 bits per heavy atom. The molecule has 1 aromatic heterocycles. The van der Waals surface area contributed by atoms with E-state index < -0.39 is 5.97 Å². The molecular weight excluding hydrogens is 246 g/mol. The van der Waals surface area contributed by atoms with Gasteiger partial charge in [0.15, 0.2) is 0 Å². The summed E-state index contributed by atoms with van der Waals surface area (Å²) in [6.45, 7) is 0.631. The predicted molar refractivity (Wildman–Crippen MR) is 69.3 cm³/mol. The predicted octanol–water partition coefficient (Wildman–Crippen LogP) is 0.672. The maximum Gasteiger partial charge on any atom is 0.305 e. The van der Waals surface area contributed by atoms with Gasteiger partial charge in [-0.2, -0.15) is 0 Å². The van der Waals surface area contributed by atoms with Crippen molar-refractivity contribution in [2.45, 2.75) is 31.7 Å². The summed E-state index contributed by atoms with van der Waals surface area (Å²) in [7, 11) is 0. The molecule has 3 N–H and O–H groups in total. The van der Waals surface area contributed by atoms with Crippen LogP contribution >= 0.6 is 0 Å². The van der Waals surface area contributed by atoms with E-state index in [4.69, 9.17) is 10.8 Å². The average Bonchev–Trinajstić information content (AvgIpc) is 2.79. The zero-order chi connectivity index (χ0) is 13.8. The van der Waals surface area contributed by atoms with Crippen LogP contribution in [0.25, 0.3) is 0 Å². The van der Waals surface area contributed by atoms with Gasteiger partial charge in [0.25, 0.3) is 0 Å². The van der Waals surface area contributed by atoms with Crippen molar-refractivity contribution in [3.63, 3.8) is 0 Å². The highest BCUT2D eigenvalue weighted by Gasteiger charge is 2.30. The third-order valence-corrected chi connectivity index (χ3v) is 3.29. The third kappa shape index (κ3) is 3.43. The monoisotopic (exact) mass is 263 g/mol. The van der Waals surface area contributed by atoms with Crippen molar-refractivity contribution in [3.8, 4) is 0 Å². The average molecular weight is 263 g/mol. The van der Waals surface area contributed by atoms with Crippen LogP contribution in [0.1, 0.15) is 25.0 Å². The van der Waals surface area contributed by atoms with Crippen LogP contribution in [0.5, 0.6) is 0 Å². The lowest BCUT2D eigenvalue weighted by molar-refractivity contribution is -0.139. The van der Waals surface area contributed by atoms with Crippen molar-refractivity contribution in [1.29, 1.82) is 0 Å². The highest BCUT2D eigenvalue weighted by atomic mass is 16.4. The fourth-order valence-corrected chi connectivity index (χ4v) is 2.37. The molecule has 102 valence electrons. The van der Waals surface area contributed by atoms with Crippen LogP contribution in [-0.4, -0.2) is 39.5 Å². The van der Waals surface area contributed by atoms with Crippen LogP contribution in [0.3, 0.4) is 0 Å². The zero-order valence-electron chi connectivity index (χ0n) is 10.6. The number of carboxylic acids is 1. The number of hydrogen-bond acceptors (Lipinski definition) is 4. The van der Waals surface area contributed by atoms with E-state index in [1.807, 2.05) is 0 Å². The van der Waals surface area contributed by atoms with Gasteiger partial charge in [-0.1, -0.05) is 0 Å². The number of rotatable bonds is 4. The summed E-state index contributed by atoms with van der Waals surface area (Å²) in [5.74, 6) is -0.934. The Morgan fingerprint density at radius 2 is 2.26 bits per heavy atom. The number of amides is 1. The second-order valence-corrected chi connectivity index (χ2v) is 4.74. The van der Waals surface area contributed by atoms with Crippen molar-refractivity contribution < 1.29 is 14.7 Å². The highest BCUT2D eigenvalue weighted by molar-refractivity contribution is 5.80. The second-order valence-electron chi connectivity index (χ2n) is 4.74. The summed E-state index contributed by atoms with van der Waals surface area (Å²) in [6.07, 6.45) is 3.34. The first-order valence-corrected chi connectivity index (χ1v) is 6.28. The number of carboxylic acid groups (broad SMARTS) is 1. The Bertz CT molecular complexity index is 473. The summed E-state index contributed by atoms with van der Waals surface area (Å²) in [5, 5.41) is 8.83. The van der Waals surface area contributed by atoms with Gasteiger partial charge in [-0.25, -0.2) is 0 Å². The lowest BCUT2D eigenvalue weighted by atomic mass is 10.1. The van der Waals surface area contributed by atoms with Gasteiger partial charge in [-0.3, -0.25) is 14.6 Å². The summed E-state index contributed by atoms with van der Waals surface area (Å²) in [5.41, 5.74) is 6.74. The van der Waals surface area contributed by atoms with Crippen molar-refractivity contribution >= 4 is 17.6 Å². The van der Waals surface area contributed by atoms with E-state index in [1.54, 1.807) is 17.0 Å². The maximum absolute atomic E-state index is 12.2. The number of pyridine rings is 1. The molecular formula is C13H17N3O3. The van der Waals surface area contributed by atoms with Gasteiger partial charge >= 0.3 is 5.97 Å². The van der Waals surface area contributed by atoms with E-state index in [0.717, 1.165) is 12.8 Å². The fraction of sp³-hybridized carbons (Fsp3) is 0.462. The lowest BCUT2D eigenvalue weighted by Gasteiger charge is -2.23. The smallest absolute Gasteiger partial charge is 0.305 e. The second kappa shape index (κ2) is 5.69. The van der Waals surface area contributed by atoms with E-state index in [2.05, 4.69) is 4.98 Å². The molecule has 1 aliphatic rings. The molecule has 19 heavy (non-hydrogen) atoms. The Hall–Kier alpha value is -2.11. The number of carbonyl (C=O) groups is 2. The van der Waals surface area contributed by atoms with Crippen molar-refractivity contribution in [2.24, 2.45) is 0 Å². The van der Waals surface area contributed by atoms with Gasteiger partial charge in [-0.05, 0) is 25.0 Å². The molecule has 0 aliphatic carbocycles. The molecule has 1 amide bonds. The Balaban J connectivity index is 1.98. The number of aliphatic carboxylic acids is 1. The van der Waals surface area contributed by atoms with E-state index in [1.165, 1.54) is 6.20 Å². The molecule has 0 bridgehead atoms. The van der Waals surface area contributed by atoms with E-state index in [9.17, 15) is 9.59 Å². The van der Waals surface area contributed by atoms with Gasteiger partial charge in [-0.15, -0.1) is 0 Å². The molecule has 1 aliphatic heterocycles. The van der Waals surface area contributed by atoms with Crippen molar-refractivity contribution in [3.05, 3.63) is 24.0 Å². The van der Waals surface area contributed by atoms with Gasteiger partial charge < -0.3 is 15.7 Å². The number of nitrogen functional groups attached to an aromatic ring is 1. The summed E-state index contributed by atoms with van der Waals surface area (Å²) in [4.78, 5) is 28.7. The number of hydrogen-bond donors (Lipinski definition) is 2. The highest BCUT2D eigenvalue weighted by Crippen LogP contribution is 2.21. The first-order chi connectivity index (χ1) is 9.06. The minimum Gasteiger partial charge on any atom is -0.481 e. The van der Waals surface area contributed by atoms with E-state index >= 15 is 0 Å². The van der Waals surface area contributed by atoms with Crippen LogP contribution in [0.2, 0.25) is 0 Å². The molecule has 1 aromatic rings. The first kappa shape index (κ1) is 13.3. The zero-order valence-corrected chi connectivity index (χ0v) is 10.6. The van der Waals surface area contributed by atoms with Gasteiger partial charge in [0.1, 0.15) is 0 Å². The third-order valence-electron chi connectivity index (χ3n) is 3.29. The number of nitrogens with zero attached hydrogens (tertiary/aromatic N) is 2. The van der Waals surface area contributed by atoms with Gasteiger partial charge in [0, 0.05) is 18.3 Å².